The van der Waals surface area contributed by atoms with Gasteiger partial charge in [-0.1, -0.05) is 24.3 Å². The van der Waals surface area contributed by atoms with E-state index in [0.717, 1.165) is 0 Å². The third kappa shape index (κ3) is 3.91. The predicted molar refractivity (Wildman–Crippen MR) is 91.1 cm³/mol. The summed E-state index contributed by atoms with van der Waals surface area (Å²) in [5.41, 5.74) is 0.501. The van der Waals surface area contributed by atoms with Crippen LogP contribution in [-0.4, -0.2) is 33.8 Å². The van der Waals surface area contributed by atoms with Crippen molar-refractivity contribution in [2.75, 3.05) is 11.1 Å². The van der Waals surface area contributed by atoms with Gasteiger partial charge in [0.2, 0.25) is 11.8 Å². The zero-order valence-corrected chi connectivity index (χ0v) is 13.6. The Hall–Kier alpha value is -2.41. The van der Waals surface area contributed by atoms with Crippen LogP contribution in [0, 0.1) is 5.82 Å². The average molecular weight is 345 g/mol. The highest BCUT2D eigenvalue weighted by Gasteiger charge is 2.32. The van der Waals surface area contributed by atoms with Crippen molar-refractivity contribution in [1.82, 2.24) is 10.3 Å². The highest BCUT2D eigenvalue weighted by molar-refractivity contribution is 8.00. The van der Waals surface area contributed by atoms with Crippen molar-refractivity contribution in [3.05, 3.63) is 60.0 Å². The summed E-state index contributed by atoms with van der Waals surface area (Å²) in [5, 5.41) is 4.97. The highest BCUT2D eigenvalue weighted by atomic mass is 32.2. The number of aromatic nitrogens is 1. The fraction of sp³-hybridized carbons (Fsp3) is 0.235. The summed E-state index contributed by atoms with van der Waals surface area (Å²) >= 11 is 1.36. The number of rotatable bonds is 4. The highest BCUT2D eigenvalue weighted by Crippen LogP contribution is 2.23. The number of hydrogen-bond donors (Lipinski definition) is 2. The molecule has 2 aromatic rings. The number of hydrogen-bond acceptors (Lipinski definition) is 4. The van der Waals surface area contributed by atoms with E-state index in [1.165, 1.54) is 17.8 Å². The predicted octanol–water partition coefficient (Wildman–Crippen LogP) is 2.00. The number of thioether (sulfide) groups is 1. The lowest BCUT2D eigenvalue weighted by Crippen LogP contribution is -2.52. The van der Waals surface area contributed by atoms with Crippen LogP contribution in [0.25, 0.3) is 0 Å². The van der Waals surface area contributed by atoms with E-state index < -0.39 is 11.3 Å². The van der Waals surface area contributed by atoms with E-state index in [4.69, 9.17) is 0 Å². The maximum Gasteiger partial charge on any atom is 0.248 e. The Morgan fingerprint density at radius 2 is 2.08 bits per heavy atom. The molecule has 1 aliphatic heterocycles. The van der Waals surface area contributed by atoms with E-state index in [1.54, 1.807) is 42.6 Å². The number of pyridine rings is 1. The van der Waals surface area contributed by atoms with Crippen molar-refractivity contribution in [3.8, 4) is 0 Å². The molecule has 2 atom stereocenters. The average Bonchev–Trinajstić information content (AvgIpc) is 2.59. The minimum Gasteiger partial charge on any atom is -0.343 e. The van der Waals surface area contributed by atoms with Crippen LogP contribution in [0.3, 0.4) is 0 Å². The summed E-state index contributed by atoms with van der Waals surface area (Å²) in [7, 11) is 0. The van der Waals surface area contributed by atoms with E-state index in [9.17, 15) is 14.0 Å². The first kappa shape index (κ1) is 16.4. The van der Waals surface area contributed by atoms with Crippen LogP contribution in [0.4, 0.5) is 10.2 Å². The van der Waals surface area contributed by atoms with Crippen LogP contribution < -0.4 is 10.6 Å². The molecule has 0 radical (unpaired) electrons. The second-order valence-electron chi connectivity index (χ2n) is 5.38. The number of nitrogens with one attached hydrogen (secondary N) is 2. The maximum absolute atomic E-state index is 13.7. The van der Waals surface area contributed by atoms with Gasteiger partial charge in [-0.05, 0) is 30.2 Å². The first-order valence-electron chi connectivity index (χ1n) is 7.51. The summed E-state index contributed by atoms with van der Waals surface area (Å²) in [4.78, 5) is 28.4. The third-order valence-corrected chi connectivity index (χ3v) is 4.98. The van der Waals surface area contributed by atoms with Gasteiger partial charge in [-0.25, -0.2) is 9.37 Å². The lowest BCUT2D eigenvalue weighted by Gasteiger charge is -2.28. The zero-order chi connectivity index (χ0) is 16.9. The van der Waals surface area contributed by atoms with E-state index in [1.807, 2.05) is 0 Å². The molecule has 5 nitrogen and oxygen atoms in total. The lowest BCUT2D eigenvalue weighted by atomic mass is 10.1. The minimum atomic E-state index is -0.624. The Labute approximate surface area is 143 Å². The summed E-state index contributed by atoms with van der Waals surface area (Å²) in [6, 6.07) is 11.0. The maximum atomic E-state index is 13.7. The largest absolute Gasteiger partial charge is 0.343 e. The number of nitrogens with zero attached hydrogens (tertiary/aromatic N) is 1. The molecule has 1 aromatic carbocycles. The van der Waals surface area contributed by atoms with Gasteiger partial charge in [0.25, 0.3) is 0 Å². The van der Waals surface area contributed by atoms with Crippen LogP contribution >= 0.6 is 11.8 Å². The molecule has 1 fully saturated rings. The van der Waals surface area contributed by atoms with Crippen molar-refractivity contribution in [2.45, 2.75) is 17.7 Å². The van der Waals surface area contributed by atoms with Crippen molar-refractivity contribution >= 4 is 29.4 Å². The second-order valence-corrected chi connectivity index (χ2v) is 6.62. The van der Waals surface area contributed by atoms with Gasteiger partial charge < -0.3 is 10.6 Å². The number of amides is 2. The molecule has 7 heteroatoms. The van der Waals surface area contributed by atoms with Gasteiger partial charge >= 0.3 is 0 Å². The molecule has 2 amide bonds. The molecular formula is C17H16FN3O2S. The topological polar surface area (TPSA) is 71.1 Å². The molecule has 2 unspecified atom stereocenters. The fourth-order valence-corrected chi connectivity index (χ4v) is 3.58. The van der Waals surface area contributed by atoms with Gasteiger partial charge in [-0.3, -0.25) is 9.59 Å². The minimum absolute atomic E-state index is 0.254. The van der Waals surface area contributed by atoms with E-state index in [0.29, 0.717) is 23.6 Å². The summed E-state index contributed by atoms with van der Waals surface area (Å²) in [5.74, 6) is -0.00510. The monoisotopic (exact) mass is 345 g/mol. The lowest BCUT2D eigenvalue weighted by molar-refractivity contribution is -0.126. The smallest absolute Gasteiger partial charge is 0.248 e. The summed E-state index contributed by atoms with van der Waals surface area (Å²) in [6.45, 7) is 0. The SMILES string of the molecule is O=C(Nc1ccccn1)C1CSC(Cc2ccccc2F)C(=O)N1. The second kappa shape index (κ2) is 7.44. The van der Waals surface area contributed by atoms with Crippen LogP contribution in [-0.2, 0) is 16.0 Å². The molecule has 24 heavy (non-hydrogen) atoms. The molecule has 124 valence electrons. The molecule has 1 saturated heterocycles. The Bertz CT molecular complexity index is 742. The number of carbonyl (C=O) groups is 2. The molecule has 2 N–H and O–H groups in total. The van der Waals surface area contributed by atoms with E-state index in [2.05, 4.69) is 15.6 Å². The number of halogens is 1. The van der Waals surface area contributed by atoms with Crippen molar-refractivity contribution in [1.29, 1.82) is 0 Å². The molecule has 3 rings (SSSR count). The quantitative estimate of drug-likeness (QED) is 0.889. The van der Waals surface area contributed by atoms with E-state index in [-0.39, 0.29) is 17.6 Å². The first-order valence-corrected chi connectivity index (χ1v) is 8.55. The van der Waals surface area contributed by atoms with Gasteiger partial charge in [0.15, 0.2) is 0 Å². The van der Waals surface area contributed by atoms with Crippen LogP contribution in [0.1, 0.15) is 5.56 Å². The van der Waals surface area contributed by atoms with Gasteiger partial charge in [0.1, 0.15) is 17.7 Å². The third-order valence-electron chi connectivity index (χ3n) is 3.67. The van der Waals surface area contributed by atoms with Crippen LogP contribution in [0.2, 0.25) is 0 Å². The fourth-order valence-electron chi connectivity index (χ4n) is 2.40. The molecule has 0 saturated carbocycles. The van der Waals surface area contributed by atoms with Gasteiger partial charge in [0, 0.05) is 11.9 Å². The standard InChI is InChI=1S/C17H16FN3O2S/c18-12-6-2-1-5-11(12)9-14-17(23)20-13(10-24-14)16(22)21-15-7-3-4-8-19-15/h1-8,13-14H,9-10H2,(H,20,23)(H,19,21,22). The first-order chi connectivity index (χ1) is 11.6. The number of anilines is 1. The molecule has 0 spiro atoms. The Balaban J connectivity index is 1.58. The van der Waals surface area contributed by atoms with Crippen molar-refractivity contribution in [2.24, 2.45) is 0 Å². The van der Waals surface area contributed by atoms with Crippen LogP contribution in [0.15, 0.2) is 48.7 Å². The summed E-state index contributed by atoms with van der Waals surface area (Å²) in [6.07, 6.45) is 1.88. The Morgan fingerprint density at radius 1 is 1.29 bits per heavy atom. The Kier molecular flexibility index (Phi) is 5.10. The molecule has 1 aromatic heterocycles. The number of carbonyl (C=O) groups excluding carboxylic acids is 2. The van der Waals surface area contributed by atoms with Crippen molar-refractivity contribution in [3.63, 3.8) is 0 Å². The molecule has 1 aliphatic rings. The molecule has 2 heterocycles. The molecular weight excluding hydrogens is 329 g/mol. The number of benzene rings is 1. The van der Waals surface area contributed by atoms with Gasteiger partial charge in [-0.15, -0.1) is 11.8 Å². The van der Waals surface area contributed by atoms with Crippen LogP contribution in [0.5, 0.6) is 0 Å². The normalized spacial score (nSPS) is 20.3. The van der Waals surface area contributed by atoms with Gasteiger partial charge in [-0.2, -0.15) is 0 Å². The zero-order valence-electron chi connectivity index (χ0n) is 12.7. The van der Waals surface area contributed by atoms with Crippen molar-refractivity contribution < 1.29 is 14.0 Å². The summed E-state index contributed by atoms with van der Waals surface area (Å²) < 4.78 is 13.7. The molecule has 0 aliphatic carbocycles. The van der Waals surface area contributed by atoms with Gasteiger partial charge in [0.05, 0.1) is 5.25 Å². The Morgan fingerprint density at radius 3 is 2.79 bits per heavy atom. The molecule has 0 bridgehead atoms. The van der Waals surface area contributed by atoms with E-state index >= 15 is 0 Å².